The van der Waals surface area contributed by atoms with Gasteiger partial charge >= 0.3 is 12.1 Å². The summed E-state index contributed by atoms with van der Waals surface area (Å²) < 4.78 is 36.1. The van der Waals surface area contributed by atoms with Crippen molar-refractivity contribution in [3.05, 3.63) is 0 Å². The first-order valence-electron chi connectivity index (χ1n) is 3.46. The standard InChI is InChI=1S/C6H8F3NO2/c7-6(8,9)4-3(5(11)12)1-2-10-4/h3-4,10H,1-2H2,(H,11,12)/t3-,4+/m0/s1. The fourth-order valence-electron chi connectivity index (χ4n) is 1.31. The van der Waals surface area contributed by atoms with E-state index in [0.29, 0.717) is 0 Å². The zero-order chi connectivity index (χ0) is 9.35. The third kappa shape index (κ3) is 1.69. The molecule has 1 heterocycles. The summed E-state index contributed by atoms with van der Waals surface area (Å²) in [5.41, 5.74) is 0. The van der Waals surface area contributed by atoms with Gasteiger partial charge in [-0.2, -0.15) is 13.2 Å². The molecule has 2 N–H and O–H groups in total. The van der Waals surface area contributed by atoms with E-state index in [4.69, 9.17) is 5.11 Å². The maximum absolute atomic E-state index is 12.0. The molecule has 0 aromatic carbocycles. The second-order valence-corrected chi connectivity index (χ2v) is 2.71. The van der Waals surface area contributed by atoms with Gasteiger partial charge in [0.25, 0.3) is 0 Å². The van der Waals surface area contributed by atoms with E-state index in [-0.39, 0.29) is 13.0 Å². The van der Waals surface area contributed by atoms with Gasteiger partial charge in [0.15, 0.2) is 0 Å². The van der Waals surface area contributed by atoms with Crippen LogP contribution in [0.5, 0.6) is 0 Å². The molecule has 0 aliphatic carbocycles. The summed E-state index contributed by atoms with van der Waals surface area (Å²) in [6.45, 7) is 0.112. The van der Waals surface area contributed by atoms with Gasteiger partial charge < -0.3 is 10.4 Å². The number of hydrogen-bond donors (Lipinski definition) is 2. The van der Waals surface area contributed by atoms with E-state index in [9.17, 15) is 18.0 Å². The van der Waals surface area contributed by atoms with Gasteiger partial charge in [0.2, 0.25) is 0 Å². The highest BCUT2D eigenvalue weighted by Gasteiger charge is 2.49. The summed E-state index contributed by atoms with van der Waals surface area (Å²) in [6.07, 6.45) is -4.42. The predicted molar refractivity (Wildman–Crippen MR) is 33.6 cm³/mol. The van der Waals surface area contributed by atoms with Gasteiger partial charge in [-0.15, -0.1) is 0 Å². The van der Waals surface area contributed by atoms with Gasteiger partial charge in [0.05, 0.1) is 5.92 Å². The molecular weight excluding hydrogens is 175 g/mol. The second kappa shape index (κ2) is 2.93. The Morgan fingerprint density at radius 3 is 2.42 bits per heavy atom. The van der Waals surface area contributed by atoms with Crippen LogP contribution in [-0.4, -0.2) is 29.8 Å². The molecule has 12 heavy (non-hydrogen) atoms. The highest BCUT2D eigenvalue weighted by atomic mass is 19.4. The average Bonchev–Trinajstić information content (AvgIpc) is 2.30. The fraction of sp³-hybridized carbons (Fsp3) is 0.833. The van der Waals surface area contributed by atoms with Gasteiger partial charge in [-0.25, -0.2) is 0 Å². The number of rotatable bonds is 1. The number of aliphatic carboxylic acids is 1. The van der Waals surface area contributed by atoms with Crippen LogP contribution in [0.1, 0.15) is 6.42 Å². The molecule has 0 bridgehead atoms. The Bertz CT molecular complexity index is 192. The smallest absolute Gasteiger partial charge is 0.404 e. The number of halogens is 3. The van der Waals surface area contributed by atoms with Gasteiger partial charge in [0, 0.05) is 0 Å². The summed E-state index contributed by atoms with van der Waals surface area (Å²) in [6, 6.07) is -1.88. The summed E-state index contributed by atoms with van der Waals surface area (Å²) >= 11 is 0. The first-order valence-corrected chi connectivity index (χ1v) is 3.46. The lowest BCUT2D eigenvalue weighted by Gasteiger charge is -2.18. The Morgan fingerprint density at radius 1 is 1.50 bits per heavy atom. The fourth-order valence-corrected chi connectivity index (χ4v) is 1.31. The molecule has 1 aliphatic rings. The Labute approximate surface area is 66.6 Å². The number of nitrogens with one attached hydrogen (secondary N) is 1. The van der Waals surface area contributed by atoms with Crippen molar-refractivity contribution in [3.63, 3.8) is 0 Å². The molecule has 0 unspecified atom stereocenters. The maximum Gasteiger partial charge on any atom is 0.404 e. The van der Waals surface area contributed by atoms with Crippen molar-refractivity contribution < 1.29 is 23.1 Å². The Morgan fingerprint density at radius 2 is 2.08 bits per heavy atom. The topological polar surface area (TPSA) is 49.3 Å². The van der Waals surface area contributed by atoms with Gasteiger partial charge in [0.1, 0.15) is 6.04 Å². The minimum atomic E-state index is -4.46. The molecule has 3 nitrogen and oxygen atoms in total. The van der Waals surface area contributed by atoms with Gasteiger partial charge in [-0.3, -0.25) is 4.79 Å². The molecule has 0 amide bonds. The molecular formula is C6H8F3NO2. The zero-order valence-corrected chi connectivity index (χ0v) is 6.06. The van der Waals surface area contributed by atoms with E-state index < -0.39 is 24.1 Å². The van der Waals surface area contributed by atoms with Crippen LogP contribution in [0.4, 0.5) is 13.2 Å². The van der Waals surface area contributed by atoms with Crippen molar-refractivity contribution in [1.82, 2.24) is 5.32 Å². The maximum atomic E-state index is 12.0. The largest absolute Gasteiger partial charge is 0.481 e. The van der Waals surface area contributed by atoms with Crippen LogP contribution < -0.4 is 5.32 Å². The number of hydrogen-bond acceptors (Lipinski definition) is 2. The molecule has 0 aromatic rings. The Balaban J connectivity index is 2.71. The monoisotopic (exact) mass is 183 g/mol. The van der Waals surface area contributed by atoms with Gasteiger partial charge in [-0.1, -0.05) is 0 Å². The Kier molecular flexibility index (Phi) is 2.27. The highest BCUT2D eigenvalue weighted by Crippen LogP contribution is 2.30. The van der Waals surface area contributed by atoms with Crippen molar-refractivity contribution in [2.45, 2.75) is 18.6 Å². The average molecular weight is 183 g/mol. The molecule has 6 heteroatoms. The number of carboxylic acids is 1. The highest BCUT2D eigenvalue weighted by molar-refractivity contribution is 5.71. The summed E-state index contributed by atoms with van der Waals surface area (Å²) in [4.78, 5) is 10.3. The van der Waals surface area contributed by atoms with E-state index in [0.717, 1.165) is 0 Å². The lowest BCUT2D eigenvalue weighted by atomic mass is 10.0. The molecule has 1 fully saturated rings. The van der Waals surface area contributed by atoms with Crippen molar-refractivity contribution >= 4 is 5.97 Å². The Hall–Kier alpha value is -0.780. The van der Waals surface area contributed by atoms with Crippen LogP contribution in [0.25, 0.3) is 0 Å². The molecule has 1 aliphatic heterocycles. The quantitative estimate of drug-likeness (QED) is 0.626. The first kappa shape index (κ1) is 9.31. The van der Waals surface area contributed by atoms with Crippen molar-refractivity contribution in [3.8, 4) is 0 Å². The molecule has 2 atom stereocenters. The van der Waals surface area contributed by atoms with Crippen molar-refractivity contribution in [2.24, 2.45) is 5.92 Å². The van der Waals surface area contributed by atoms with Crippen molar-refractivity contribution in [1.29, 1.82) is 0 Å². The number of alkyl halides is 3. The molecule has 0 radical (unpaired) electrons. The molecule has 0 spiro atoms. The van der Waals surface area contributed by atoms with E-state index in [1.54, 1.807) is 0 Å². The van der Waals surface area contributed by atoms with Crippen LogP contribution in [0.15, 0.2) is 0 Å². The van der Waals surface area contributed by atoms with Gasteiger partial charge in [-0.05, 0) is 13.0 Å². The summed E-state index contributed by atoms with van der Waals surface area (Å²) in [5.74, 6) is -2.72. The molecule has 0 saturated carbocycles. The van der Waals surface area contributed by atoms with Crippen LogP contribution in [0.2, 0.25) is 0 Å². The van der Waals surface area contributed by atoms with E-state index in [1.165, 1.54) is 0 Å². The molecule has 70 valence electrons. The van der Waals surface area contributed by atoms with Crippen molar-refractivity contribution in [2.75, 3.05) is 6.54 Å². The minimum absolute atomic E-state index is 0.0412. The third-order valence-corrected chi connectivity index (χ3v) is 1.89. The van der Waals surface area contributed by atoms with E-state index >= 15 is 0 Å². The molecule has 0 aromatic heterocycles. The first-order chi connectivity index (χ1) is 5.43. The van der Waals surface area contributed by atoms with E-state index in [1.807, 2.05) is 0 Å². The number of carbonyl (C=O) groups is 1. The summed E-state index contributed by atoms with van der Waals surface area (Å²) in [5, 5.41) is 10.5. The lowest BCUT2D eigenvalue weighted by Crippen LogP contribution is -2.44. The van der Waals surface area contributed by atoms with Crippen LogP contribution in [-0.2, 0) is 4.79 Å². The van der Waals surface area contributed by atoms with Crippen LogP contribution in [0, 0.1) is 5.92 Å². The third-order valence-electron chi connectivity index (χ3n) is 1.89. The van der Waals surface area contributed by atoms with E-state index in [2.05, 4.69) is 5.32 Å². The van der Waals surface area contributed by atoms with Crippen LogP contribution in [0.3, 0.4) is 0 Å². The second-order valence-electron chi connectivity index (χ2n) is 2.71. The normalized spacial score (nSPS) is 30.6. The van der Waals surface area contributed by atoms with Crippen LogP contribution >= 0.6 is 0 Å². The summed E-state index contributed by atoms with van der Waals surface area (Å²) in [7, 11) is 0. The molecule has 1 saturated heterocycles. The number of carboxylic acid groups (broad SMARTS) is 1. The predicted octanol–water partition coefficient (Wildman–Crippen LogP) is 0.611. The minimum Gasteiger partial charge on any atom is -0.481 e. The lowest BCUT2D eigenvalue weighted by molar-refractivity contribution is -0.173. The SMILES string of the molecule is O=C(O)[C@H]1CCN[C@H]1C(F)(F)F. The molecule has 1 rings (SSSR count). The zero-order valence-electron chi connectivity index (χ0n) is 6.06.